The summed E-state index contributed by atoms with van der Waals surface area (Å²) in [6.07, 6.45) is 0.851. The maximum atomic E-state index is 10.5. The molecule has 1 aromatic heterocycles. The second-order valence-electron chi connectivity index (χ2n) is 2.98. The molecule has 0 saturated heterocycles. The first-order valence-corrected chi connectivity index (χ1v) is 6.81. The number of thiophene rings is 1. The molecule has 0 amide bonds. The summed E-state index contributed by atoms with van der Waals surface area (Å²) in [5.41, 5.74) is 0. The molecule has 0 unspecified atom stereocenters. The van der Waals surface area contributed by atoms with Gasteiger partial charge in [-0.3, -0.25) is 4.79 Å². The van der Waals surface area contributed by atoms with Crippen LogP contribution in [0.5, 0.6) is 0 Å². The molecular weight excluding hydrogens is 283 g/mol. The van der Waals surface area contributed by atoms with E-state index in [2.05, 4.69) is 0 Å². The molecule has 0 N–H and O–H groups in total. The Balaban J connectivity index is 2.20. The van der Waals surface area contributed by atoms with E-state index in [0.717, 1.165) is 21.0 Å². The van der Waals surface area contributed by atoms with Gasteiger partial charge in [0.2, 0.25) is 0 Å². The Labute approximate surface area is 111 Å². The summed E-state index contributed by atoms with van der Waals surface area (Å²) in [7, 11) is 0. The molecule has 82 valence electrons. The number of hydrogen-bond acceptors (Lipinski definition) is 3. The molecule has 0 atom stereocenters. The Morgan fingerprint density at radius 1 is 1.12 bits per heavy atom. The van der Waals surface area contributed by atoms with E-state index in [1.165, 1.54) is 11.3 Å². The van der Waals surface area contributed by atoms with Crippen molar-refractivity contribution in [2.24, 2.45) is 0 Å². The van der Waals surface area contributed by atoms with Crippen molar-refractivity contribution in [3.63, 3.8) is 0 Å². The Morgan fingerprint density at radius 3 is 2.56 bits per heavy atom. The lowest BCUT2D eigenvalue weighted by atomic mass is 10.4. The highest BCUT2D eigenvalue weighted by Gasteiger charge is 2.03. The largest absolute Gasteiger partial charge is 0.297 e. The molecule has 1 aromatic carbocycles. The topological polar surface area (TPSA) is 17.1 Å². The molecule has 0 fully saturated rings. The summed E-state index contributed by atoms with van der Waals surface area (Å²) in [5, 5.41) is 3.03. The van der Waals surface area contributed by atoms with Crippen molar-refractivity contribution in [2.45, 2.75) is 9.79 Å². The Bertz CT molecular complexity index is 522. The van der Waals surface area contributed by atoms with Gasteiger partial charge in [-0.25, -0.2) is 0 Å². The smallest absolute Gasteiger partial charge is 0.160 e. The van der Waals surface area contributed by atoms with Crippen LogP contribution in [0, 0.1) is 0 Å². The lowest BCUT2D eigenvalue weighted by Gasteiger charge is -2.00. The van der Waals surface area contributed by atoms with E-state index in [1.807, 2.05) is 23.6 Å². The number of halogens is 2. The number of benzene rings is 1. The first-order valence-electron chi connectivity index (χ1n) is 4.35. The number of rotatable bonds is 3. The van der Waals surface area contributed by atoms with Gasteiger partial charge in [0.05, 0.1) is 14.9 Å². The van der Waals surface area contributed by atoms with Crippen LogP contribution in [0.2, 0.25) is 10.0 Å². The molecule has 0 radical (unpaired) electrons. The van der Waals surface area contributed by atoms with Crippen LogP contribution in [0.25, 0.3) is 0 Å². The van der Waals surface area contributed by atoms with E-state index < -0.39 is 0 Å². The Morgan fingerprint density at radius 2 is 1.94 bits per heavy atom. The average Bonchev–Trinajstić information content (AvgIpc) is 2.71. The molecule has 5 heteroatoms. The zero-order valence-corrected chi connectivity index (χ0v) is 11.1. The van der Waals surface area contributed by atoms with Gasteiger partial charge >= 0.3 is 0 Å². The van der Waals surface area contributed by atoms with Gasteiger partial charge in [-0.15, -0.1) is 11.3 Å². The van der Waals surface area contributed by atoms with Crippen molar-refractivity contribution in [1.29, 1.82) is 0 Å². The summed E-state index contributed by atoms with van der Waals surface area (Å²) < 4.78 is 0. The van der Waals surface area contributed by atoms with Gasteiger partial charge in [0.25, 0.3) is 0 Å². The van der Waals surface area contributed by atoms with Crippen molar-refractivity contribution >= 4 is 52.6 Å². The number of carbonyl (C=O) groups excluding carboxylic acids is 1. The second kappa shape index (κ2) is 5.23. The summed E-state index contributed by atoms with van der Waals surface area (Å²) >= 11 is 14.7. The summed E-state index contributed by atoms with van der Waals surface area (Å²) in [5.74, 6) is 0. The zero-order chi connectivity index (χ0) is 11.5. The Kier molecular flexibility index (Phi) is 3.92. The first-order chi connectivity index (χ1) is 7.69. The third-order valence-electron chi connectivity index (χ3n) is 1.84. The van der Waals surface area contributed by atoms with Crippen LogP contribution < -0.4 is 0 Å². The molecular formula is C11H6Cl2OS2. The fraction of sp³-hybridized carbons (Fsp3) is 0. The van der Waals surface area contributed by atoms with E-state index in [0.29, 0.717) is 10.0 Å². The maximum absolute atomic E-state index is 10.5. The molecule has 2 aromatic rings. The highest BCUT2D eigenvalue weighted by atomic mass is 35.5. The lowest BCUT2D eigenvalue weighted by molar-refractivity contribution is 0.112. The minimum Gasteiger partial charge on any atom is -0.297 e. The predicted octanol–water partition coefficient (Wildman–Crippen LogP) is 5.02. The molecule has 0 aliphatic rings. The second-order valence-corrected chi connectivity index (χ2v) is 5.88. The molecule has 0 aliphatic heterocycles. The van der Waals surface area contributed by atoms with E-state index in [1.54, 1.807) is 17.8 Å². The van der Waals surface area contributed by atoms with Gasteiger partial charge in [0.15, 0.2) is 6.29 Å². The van der Waals surface area contributed by atoms with Gasteiger partial charge in [-0.2, -0.15) is 0 Å². The van der Waals surface area contributed by atoms with Crippen LogP contribution in [0.15, 0.2) is 39.4 Å². The van der Waals surface area contributed by atoms with Crippen molar-refractivity contribution in [3.05, 3.63) is 44.6 Å². The molecule has 16 heavy (non-hydrogen) atoms. The third-order valence-corrected chi connectivity index (χ3v) is 4.55. The standard InChI is InChI=1S/C11H6Cl2OS2/c12-10-2-1-7(4-11(10)13)16-9-3-8(5-14)15-6-9/h1-6H. The van der Waals surface area contributed by atoms with Crippen molar-refractivity contribution in [1.82, 2.24) is 0 Å². The highest BCUT2D eigenvalue weighted by Crippen LogP contribution is 2.34. The zero-order valence-electron chi connectivity index (χ0n) is 7.94. The highest BCUT2D eigenvalue weighted by molar-refractivity contribution is 7.99. The minimum absolute atomic E-state index is 0.539. The molecule has 1 nitrogen and oxygen atoms in total. The van der Waals surface area contributed by atoms with Gasteiger partial charge in [-0.05, 0) is 24.3 Å². The quantitative estimate of drug-likeness (QED) is 0.738. The van der Waals surface area contributed by atoms with E-state index in [4.69, 9.17) is 23.2 Å². The SMILES string of the molecule is O=Cc1cc(Sc2ccc(Cl)c(Cl)c2)cs1. The van der Waals surface area contributed by atoms with E-state index in [9.17, 15) is 4.79 Å². The van der Waals surface area contributed by atoms with Gasteiger partial charge in [0, 0.05) is 15.2 Å². The number of aldehydes is 1. The molecule has 0 aliphatic carbocycles. The molecule has 0 spiro atoms. The number of carbonyl (C=O) groups is 1. The lowest BCUT2D eigenvalue weighted by Crippen LogP contribution is -1.73. The van der Waals surface area contributed by atoms with Crippen LogP contribution >= 0.6 is 46.3 Å². The Hall–Kier alpha value is -0.480. The molecule has 0 saturated carbocycles. The van der Waals surface area contributed by atoms with Gasteiger partial charge in [-0.1, -0.05) is 35.0 Å². The van der Waals surface area contributed by atoms with Crippen LogP contribution in [-0.2, 0) is 0 Å². The predicted molar refractivity (Wildman–Crippen MR) is 70.3 cm³/mol. The molecule has 2 rings (SSSR count). The average molecular weight is 289 g/mol. The summed E-state index contributed by atoms with van der Waals surface area (Å²) in [4.78, 5) is 13.3. The fourth-order valence-electron chi connectivity index (χ4n) is 1.13. The van der Waals surface area contributed by atoms with Crippen LogP contribution in [0.4, 0.5) is 0 Å². The van der Waals surface area contributed by atoms with Crippen LogP contribution in [-0.4, -0.2) is 6.29 Å². The first kappa shape index (κ1) is 12.0. The normalized spacial score (nSPS) is 10.4. The third kappa shape index (κ3) is 2.80. The molecule has 1 heterocycles. The van der Waals surface area contributed by atoms with Gasteiger partial charge < -0.3 is 0 Å². The van der Waals surface area contributed by atoms with E-state index >= 15 is 0 Å². The van der Waals surface area contributed by atoms with Gasteiger partial charge in [0.1, 0.15) is 0 Å². The van der Waals surface area contributed by atoms with E-state index in [-0.39, 0.29) is 0 Å². The molecule has 0 bridgehead atoms. The summed E-state index contributed by atoms with van der Waals surface area (Å²) in [6, 6.07) is 7.33. The van der Waals surface area contributed by atoms with Crippen molar-refractivity contribution < 1.29 is 4.79 Å². The fourth-order valence-corrected chi connectivity index (χ4v) is 3.24. The van der Waals surface area contributed by atoms with Crippen molar-refractivity contribution in [2.75, 3.05) is 0 Å². The number of hydrogen-bond donors (Lipinski definition) is 0. The minimum atomic E-state index is 0.539. The van der Waals surface area contributed by atoms with Crippen LogP contribution in [0.3, 0.4) is 0 Å². The summed E-state index contributed by atoms with van der Waals surface area (Å²) in [6.45, 7) is 0. The van der Waals surface area contributed by atoms with Crippen LogP contribution in [0.1, 0.15) is 9.67 Å². The maximum Gasteiger partial charge on any atom is 0.160 e. The van der Waals surface area contributed by atoms with Crippen molar-refractivity contribution in [3.8, 4) is 0 Å². The monoisotopic (exact) mass is 288 g/mol.